The van der Waals surface area contributed by atoms with Gasteiger partial charge in [0.05, 0.1) is 6.10 Å². The Morgan fingerprint density at radius 3 is 1.88 bits per heavy atom. The molecule has 0 rings (SSSR count). The van der Waals surface area contributed by atoms with Crippen molar-refractivity contribution in [2.45, 2.75) is 91.6 Å². The minimum absolute atomic E-state index is 0.0874. The van der Waals surface area contributed by atoms with E-state index in [9.17, 15) is 5.11 Å². The Labute approximate surface area is 103 Å². The van der Waals surface area contributed by atoms with Crippen LogP contribution in [0.2, 0.25) is 0 Å². The maximum atomic E-state index is 9.83. The van der Waals surface area contributed by atoms with E-state index in [4.69, 9.17) is 0 Å². The van der Waals surface area contributed by atoms with Crippen LogP contribution in [0, 0.1) is 5.41 Å². The predicted octanol–water partition coefficient (Wildman–Crippen LogP) is 4.92. The first-order valence-electron chi connectivity index (χ1n) is 7.14. The van der Waals surface area contributed by atoms with Gasteiger partial charge in [-0.15, -0.1) is 0 Å². The van der Waals surface area contributed by atoms with E-state index >= 15 is 0 Å². The first-order chi connectivity index (χ1) is 7.45. The highest BCUT2D eigenvalue weighted by Gasteiger charge is 2.15. The minimum Gasteiger partial charge on any atom is -0.393 e. The van der Waals surface area contributed by atoms with Crippen LogP contribution in [0.4, 0.5) is 0 Å². The number of unbranched alkanes of at least 4 members (excludes halogenated alkanes) is 6. The summed E-state index contributed by atoms with van der Waals surface area (Å²) in [5.41, 5.74) is 0.264. The van der Waals surface area contributed by atoms with Crippen LogP contribution in [0.3, 0.4) is 0 Å². The van der Waals surface area contributed by atoms with Gasteiger partial charge in [-0.05, 0) is 18.3 Å². The third-order valence-corrected chi connectivity index (χ3v) is 2.99. The molecule has 0 spiro atoms. The van der Waals surface area contributed by atoms with Crippen LogP contribution in [-0.2, 0) is 0 Å². The SMILES string of the molecule is CCCCCCCCCC(O)CC(C)(C)C. The standard InChI is InChI=1S/C15H32O/c1-5-6-7-8-9-10-11-12-14(16)13-15(2,3)4/h14,16H,5-13H2,1-4H3. The lowest BCUT2D eigenvalue weighted by Crippen LogP contribution is -2.17. The summed E-state index contributed by atoms with van der Waals surface area (Å²) in [7, 11) is 0. The summed E-state index contributed by atoms with van der Waals surface area (Å²) in [5, 5.41) is 9.83. The van der Waals surface area contributed by atoms with E-state index in [0.29, 0.717) is 0 Å². The van der Waals surface area contributed by atoms with Crippen LogP contribution in [0.5, 0.6) is 0 Å². The van der Waals surface area contributed by atoms with Crippen LogP contribution in [-0.4, -0.2) is 11.2 Å². The van der Waals surface area contributed by atoms with Crippen molar-refractivity contribution in [2.75, 3.05) is 0 Å². The first-order valence-corrected chi connectivity index (χ1v) is 7.14. The summed E-state index contributed by atoms with van der Waals surface area (Å²) >= 11 is 0. The second-order valence-corrected chi connectivity index (χ2v) is 6.33. The third kappa shape index (κ3) is 12.0. The van der Waals surface area contributed by atoms with Gasteiger partial charge in [-0.2, -0.15) is 0 Å². The molecule has 0 aromatic carbocycles. The predicted molar refractivity (Wildman–Crippen MR) is 72.7 cm³/mol. The van der Waals surface area contributed by atoms with Crippen molar-refractivity contribution in [2.24, 2.45) is 5.41 Å². The van der Waals surface area contributed by atoms with E-state index in [1.807, 2.05) is 0 Å². The molecule has 98 valence electrons. The van der Waals surface area contributed by atoms with Gasteiger partial charge < -0.3 is 5.11 Å². The van der Waals surface area contributed by atoms with Gasteiger partial charge in [-0.1, -0.05) is 72.6 Å². The number of aliphatic hydroxyl groups is 1. The van der Waals surface area contributed by atoms with Crippen molar-refractivity contribution in [1.29, 1.82) is 0 Å². The zero-order chi connectivity index (χ0) is 12.4. The van der Waals surface area contributed by atoms with Gasteiger partial charge in [0.25, 0.3) is 0 Å². The summed E-state index contributed by atoms with van der Waals surface area (Å²) in [6.45, 7) is 8.84. The molecule has 1 heteroatoms. The van der Waals surface area contributed by atoms with Gasteiger partial charge >= 0.3 is 0 Å². The lowest BCUT2D eigenvalue weighted by Gasteiger charge is -2.22. The maximum Gasteiger partial charge on any atom is 0.0545 e. The molecule has 0 aliphatic carbocycles. The molecular weight excluding hydrogens is 196 g/mol. The zero-order valence-electron chi connectivity index (χ0n) is 11.9. The molecule has 0 aromatic heterocycles. The molecule has 1 N–H and O–H groups in total. The summed E-state index contributed by atoms with van der Waals surface area (Å²) in [6.07, 6.45) is 11.2. The van der Waals surface area contributed by atoms with Crippen molar-refractivity contribution in [1.82, 2.24) is 0 Å². The van der Waals surface area contributed by atoms with Crippen LogP contribution < -0.4 is 0 Å². The van der Waals surface area contributed by atoms with Crippen molar-refractivity contribution in [3.63, 3.8) is 0 Å². The molecule has 0 amide bonds. The molecule has 0 aliphatic rings. The smallest absolute Gasteiger partial charge is 0.0545 e. The van der Waals surface area contributed by atoms with Gasteiger partial charge in [-0.25, -0.2) is 0 Å². The minimum atomic E-state index is -0.0874. The Balaban J connectivity index is 3.25. The monoisotopic (exact) mass is 228 g/mol. The second kappa shape index (κ2) is 9.04. The maximum absolute atomic E-state index is 9.83. The van der Waals surface area contributed by atoms with E-state index in [1.165, 1.54) is 44.9 Å². The Bertz CT molecular complexity index is 146. The summed E-state index contributed by atoms with van der Waals surface area (Å²) in [5.74, 6) is 0. The Hall–Kier alpha value is -0.0400. The van der Waals surface area contributed by atoms with Crippen LogP contribution >= 0.6 is 0 Å². The van der Waals surface area contributed by atoms with E-state index in [-0.39, 0.29) is 11.5 Å². The zero-order valence-corrected chi connectivity index (χ0v) is 11.9. The van der Waals surface area contributed by atoms with Crippen molar-refractivity contribution >= 4 is 0 Å². The number of aliphatic hydroxyl groups excluding tert-OH is 1. The molecule has 1 nitrogen and oxygen atoms in total. The van der Waals surface area contributed by atoms with Gasteiger partial charge in [-0.3, -0.25) is 0 Å². The number of hydrogen-bond acceptors (Lipinski definition) is 1. The highest BCUT2D eigenvalue weighted by Crippen LogP contribution is 2.23. The van der Waals surface area contributed by atoms with E-state index < -0.39 is 0 Å². The molecule has 0 saturated heterocycles. The van der Waals surface area contributed by atoms with E-state index in [2.05, 4.69) is 27.7 Å². The topological polar surface area (TPSA) is 20.2 Å². The van der Waals surface area contributed by atoms with Gasteiger partial charge in [0.2, 0.25) is 0 Å². The molecule has 0 fully saturated rings. The Kier molecular flexibility index (Phi) is 9.02. The van der Waals surface area contributed by atoms with Crippen molar-refractivity contribution in [3.8, 4) is 0 Å². The van der Waals surface area contributed by atoms with Crippen LogP contribution in [0.25, 0.3) is 0 Å². The molecule has 0 heterocycles. The molecular formula is C15H32O. The Morgan fingerprint density at radius 1 is 0.875 bits per heavy atom. The van der Waals surface area contributed by atoms with Crippen molar-refractivity contribution < 1.29 is 5.11 Å². The molecule has 1 atom stereocenters. The lowest BCUT2D eigenvalue weighted by molar-refractivity contribution is 0.110. The molecule has 0 radical (unpaired) electrons. The van der Waals surface area contributed by atoms with Gasteiger partial charge in [0.15, 0.2) is 0 Å². The largest absolute Gasteiger partial charge is 0.393 e. The first kappa shape index (κ1) is 16.0. The van der Waals surface area contributed by atoms with Crippen molar-refractivity contribution in [3.05, 3.63) is 0 Å². The van der Waals surface area contributed by atoms with E-state index in [0.717, 1.165) is 12.8 Å². The molecule has 16 heavy (non-hydrogen) atoms. The highest BCUT2D eigenvalue weighted by atomic mass is 16.3. The third-order valence-electron chi connectivity index (χ3n) is 2.99. The molecule has 0 aromatic rings. The summed E-state index contributed by atoms with van der Waals surface area (Å²) in [4.78, 5) is 0. The summed E-state index contributed by atoms with van der Waals surface area (Å²) < 4.78 is 0. The average molecular weight is 228 g/mol. The average Bonchev–Trinajstić information content (AvgIpc) is 2.13. The van der Waals surface area contributed by atoms with Gasteiger partial charge in [0, 0.05) is 0 Å². The lowest BCUT2D eigenvalue weighted by atomic mass is 9.87. The van der Waals surface area contributed by atoms with E-state index in [1.54, 1.807) is 0 Å². The summed E-state index contributed by atoms with van der Waals surface area (Å²) in [6, 6.07) is 0. The fraction of sp³-hybridized carbons (Fsp3) is 1.00. The van der Waals surface area contributed by atoms with Gasteiger partial charge in [0.1, 0.15) is 0 Å². The van der Waals surface area contributed by atoms with Crippen LogP contribution in [0.15, 0.2) is 0 Å². The fourth-order valence-electron chi connectivity index (χ4n) is 2.15. The molecule has 1 unspecified atom stereocenters. The Morgan fingerprint density at radius 2 is 1.38 bits per heavy atom. The van der Waals surface area contributed by atoms with Crippen LogP contribution in [0.1, 0.15) is 85.5 Å². The highest BCUT2D eigenvalue weighted by molar-refractivity contribution is 4.68. The fourth-order valence-corrected chi connectivity index (χ4v) is 2.15. The molecule has 0 saturated carbocycles. The second-order valence-electron chi connectivity index (χ2n) is 6.33. The molecule has 0 bridgehead atoms. The molecule has 0 aliphatic heterocycles. The number of hydrogen-bond donors (Lipinski definition) is 1. The number of rotatable bonds is 9. The quantitative estimate of drug-likeness (QED) is 0.555. The normalized spacial score (nSPS) is 14.1.